The van der Waals surface area contributed by atoms with E-state index in [9.17, 15) is 4.79 Å². The zero-order valence-electron chi connectivity index (χ0n) is 11.1. The Kier molecular flexibility index (Phi) is 4.01. The molecular weight excluding hydrogens is 230 g/mol. The number of rotatable bonds is 5. The number of carbonyl (C=O) groups is 1. The van der Waals surface area contributed by atoms with E-state index in [1.54, 1.807) is 10.9 Å². The van der Waals surface area contributed by atoms with Crippen LogP contribution in [-0.2, 0) is 7.05 Å². The van der Waals surface area contributed by atoms with Crippen LogP contribution in [0.1, 0.15) is 41.7 Å². The Bertz CT molecular complexity index is 424. The molecule has 1 heterocycles. The van der Waals surface area contributed by atoms with Crippen LogP contribution in [0.15, 0.2) is 6.20 Å². The van der Waals surface area contributed by atoms with Gasteiger partial charge in [0.25, 0.3) is 5.91 Å². The number of aliphatic hydroxyl groups excluding tert-OH is 1. The number of nitrogens with zero attached hydrogens (tertiary/aromatic N) is 3. The van der Waals surface area contributed by atoms with Gasteiger partial charge in [-0.25, -0.2) is 0 Å². The Hall–Kier alpha value is -1.36. The van der Waals surface area contributed by atoms with E-state index >= 15 is 0 Å². The highest BCUT2D eigenvalue weighted by Gasteiger charge is 2.30. The van der Waals surface area contributed by atoms with Crippen molar-refractivity contribution in [3.8, 4) is 0 Å². The van der Waals surface area contributed by atoms with Crippen molar-refractivity contribution in [1.29, 1.82) is 0 Å². The lowest BCUT2D eigenvalue weighted by Gasteiger charge is -2.37. The molecule has 1 N–H and O–H groups in total. The standard InChI is InChI=1S/C13H21N3O2/c1-10-12(9-14-15(10)2)13(18)16(7-4-8-17)11-5-3-6-11/h9,11,17H,3-8H2,1-2H3. The van der Waals surface area contributed by atoms with Crippen molar-refractivity contribution in [1.82, 2.24) is 14.7 Å². The quantitative estimate of drug-likeness (QED) is 0.852. The highest BCUT2D eigenvalue weighted by molar-refractivity contribution is 5.95. The maximum atomic E-state index is 12.5. The zero-order chi connectivity index (χ0) is 13.1. The predicted molar refractivity (Wildman–Crippen MR) is 68.3 cm³/mol. The SMILES string of the molecule is Cc1c(C(=O)N(CCCO)C2CCC2)cnn1C. The molecule has 5 nitrogen and oxygen atoms in total. The van der Waals surface area contributed by atoms with Crippen molar-refractivity contribution in [2.75, 3.05) is 13.2 Å². The average molecular weight is 251 g/mol. The van der Waals surface area contributed by atoms with Crippen molar-refractivity contribution in [3.63, 3.8) is 0 Å². The molecule has 1 saturated carbocycles. The van der Waals surface area contributed by atoms with Crippen LogP contribution in [0.4, 0.5) is 0 Å². The molecule has 1 aromatic heterocycles. The van der Waals surface area contributed by atoms with Gasteiger partial charge in [0.1, 0.15) is 0 Å². The van der Waals surface area contributed by atoms with Gasteiger partial charge in [-0.15, -0.1) is 0 Å². The average Bonchev–Trinajstić information content (AvgIpc) is 2.62. The predicted octanol–water partition coefficient (Wildman–Crippen LogP) is 1.11. The number of carbonyl (C=O) groups excluding carboxylic acids is 1. The Morgan fingerprint density at radius 2 is 2.33 bits per heavy atom. The molecule has 0 atom stereocenters. The third-order valence-electron chi connectivity index (χ3n) is 3.80. The van der Waals surface area contributed by atoms with E-state index < -0.39 is 0 Å². The van der Waals surface area contributed by atoms with Gasteiger partial charge >= 0.3 is 0 Å². The lowest BCUT2D eigenvalue weighted by Crippen LogP contribution is -2.45. The number of aromatic nitrogens is 2. The summed E-state index contributed by atoms with van der Waals surface area (Å²) in [5.41, 5.74) is 1.58. The van der Waals surface area contributed by atoms with Gasteiger partial charge < -0.3 is 10.0 Å². The molecule has 0 aromatic carbocycles. The lowest BCUT2D eigenvalue weighted by atomic mass is 9.91. The molecule has 1 amide bonds. The van der Waals surface area contributed by atoms with E-state index in [0.717, 1.165) is 18.5 Å². The maximum absolute atomic E-state index is 12.5. The second-order valence-electron chi connectivity index (χ2n) is 4.93. The second kappa shape index (κ2) is 5.52. The topological polar surface area (TPSA) is 58.4 Å². The Morgan fingerprint density at radius 1 is 1.61 bits per heavy atom. The number of amides is 1. The minimum atomic E-state index is 0.0544. The largest absolute Gasteiger partial charge is 0.396 e. The Labute approximate surface area is 107 Å². The summed E-state index contributed by atoms with van der Waals surface area (Å²) in [6, 6.07) is 0.351. The fourth-order valence-corrected chi connectivity index (χ4v) is 2.25. The summed E-state index contributed by atoms with van der Waals surface area (Å²) in [6.45, 7) is 2.67. The van der Waals surface area contributed by atoms with Crippen LogP contribution in [0.3, 0.4) is 0 Å². The van der Waals surface area contributed by atoms with Gasteiger partial charge in [-0.2, -0.15) is 5.10 Å². The van der Waals surface area contributed by atoms with Crippen LogP contribution in [0.5, 0.6) is 0 Å². The molecule has 0 unspecified atom stereocenters. The van der Waals surface area contributed by atoms with E-state index in [-0.39, 0.29) is 12.5 Å². The third-order valence-corrected chi connectivity index (χ3v) is 3.80. The van der Waals surface area contributed by atoms with E-state index in [0.29, 0.717) is 24.6 Å². The maximum Gasteiger partial charge on any atom is 0.257 e. The lowest BCUT2D eigenvalue weighted by molar-refractivity contribution is 0.0561. The molecule has 2 rings (SSSR count). The molecule has 0 aliphatic heterocycles. The van der Waals surface area contributed by atoms with E-state index in [1.807, 2.05) is 18.9 Å². The fourth-order valence-electron chi connectivity index (χ4n) is 2.25. The van der Waals surface area contributed by atoms with E-state index in [2.05, 4.69) is 5.10 Å². The summed E-state index contributed by atoms with van der Waals surface area (Å²) >= 11 is 0. The zero-order valence-corrected chi connectivity index (χ0v) is 11.1. The molecule has 1 aliphatic carbocycles. The summed E-state index contributed by atoms with van der Waals surface area (Å²) in [5, 5.41) is 13.1. The highest BCUT2D eigenvalue weighted by Crippen LogP contribution is 2.26. The molecule has 1 aliphatic rings. The number of hydrogen-bond donors (Lipinski definition) is 1. The van der Waals surface area contributed by atoms with Gasteiger partial charge in [0, 0.05) is 31.9 Å². The second-order valence-corrected chi connectivity index (χ2v) is 4.93. The van der Waals surface area contributed by atoms with Gasteiger partial charge in [0.2, 0.25) is 0 Å². The van der Waals surface area contributed by atoms with Crippen molar-refractivity contribution in [3.05, 3.63) is 17.5 Å². The molecule has 100 valence electrons. The van der Waals surface area contributed by atoms with Gasteiger partial charge in [-0.05, 0) is 32.6 Å². The summed E-state index contributed by atoms with van der Waals surface area (Å²) in [5.74, 6) is 0.0544. The summed E-state index contributed by atoms with van der Waals surface area (Å²) in [4.78, 5) is 14.4. The highest BCUT2D eigenvalue weighted by atomic mass is 16.3. The number of aliphatic hydroxyl groups is 1. The van der Waals surface area contributed by atoms with E-state index in [1.165, 1.54) is 6.42 Å². The van der Waals surface area contributed by atoms with Crippen molar-refractivity contribution < 1.29 is 9.90 Å². The van der Waals surface area contributed by atoms with Crippen LogP contribution in [0.2, 0.25) is 0 Å². The molecule has 0 radical (unpaired) electrons. The van der Waals surface area contributed by atoms with Crippen LogP contribution >= 0.6 is 0 Å². The monoisotopic (exact) mass is 251 g/mol. The molecular formula is C13H21N3O2. The molecule has 0 saturated heterocycles. The van der Waals surface area contributed by atoms with Crippen molar-refractivity contribution in [2.24, 2.45) is 7.05 Å². The number of hydrogen-bond acceptors (Lipinski definition) is 3. The molecule has 0 bridgehead atoms. The van der Waals surface area contributed by atoms with Crippen molar-refractivity contribution in [2.45, 2.75) is 38.6 Å². The van der Waals surface area contributed by atoms with Crippen LogP contribution in [-0.4, -0.2) is 44.9 Å². The van der Waals surface area contributed by atoms with E-state index in [4.69, 9.17) is 5.11 Å². The fraction of sp³-hybridized carbons (Fsp3) is 0.692. The third kappa shape index (κ3) is 2.41. The first-order valence-corrected chi connectivity index (χ1v) is 6.55. The summed E-state index contributed by atoms with van der Waals surface area (Å²) < 4.78 is 1.72. The van der Waals surface area contributed by atoms with Gasteiger partial charge in [0.05, 0.1) is 11.8 Å². The van der Waals surface area contributed by atoms with Gasteiger partial charge in [-0.3, -0.25) is 9.48 Å². The van der Waals surface area contributed by atoms with Crippen LogP contribution in [0, 0.1) is 6.92 Å². The van der Waals surface area contributed by atoms with Crippen LogP contribution < -0.4 is 0 Å². The summed E-state index contributed by atoms with van der Waals surface area (Å²) in [7, 11) is 1.84. The van der Waals surface area contributed by atoms with Crippen molar-refractivity contribution >= 4 is 5.91 Å². The first-order valence-electron chi connectivity index (χ1n) is 6.55. The molecule has 18 heavy (non-hydrogen) atoms. The minimum absolute atomic E-state index is 0.0544. The molecule has 0 spiro atoms. The Morgan fingerprint density at radius 3 is 2.78 bits per heavy atom. The number of aryl methyl sites for hydroxylation is 1. The molecule has 1 fully saturated rings. The molecule has 5 heteroatoms. The normalized spacial score (nSPS) is 15.5. The first kappa shape index (κ1) is 13.1. The minimum Gasteiger partial charge on any atom is -0.396 e. The summed E-state index contributed by atoms with van der Waals surface area (Å²) in [6.07, 6.45) is 5.64. The molecule has 1 aromatic rings. The first-order chi connectivity index (χ1) is 8.65. The smallest absolute Gasteiger partial charge is 0.257 e. The van der Waals surface area contributed by atoms with Gasteiger partial charge in [0.15, 0.2) is 0 Å². The Balaban J connectivity index is 2.14. The van der Waals surface area contributed by atoms with Gasteiger partial charge in [-0.1, -0.05) is 0 Å². The van der Waals surface area contributed by atoms with Crippen LogP contribution in [0.25, 0.3) is 0 Å².